The number of hydrogen-bond donors (Lipinski definition) is 3. The number of likely N-dealkylation sites (N-methyl/N-ethyl adjacent to an activating group) is 2. The van der Waals surface area contributed by atoms with E-state index >= 15 is 0 Å². The molecular weight excluding hydrogens is 309 g/mol. The first-order valence-electron chi connectivity index (χ1n) is 7.68. The molecule has 0 bridgehead atoms. The molecule has 0 aliphatic carbocycles. The first-order valence-corrected chi connectivity index (χ1v) is 7.68. The Morgan fingerprint density at radius 2 is 1.58 bits per heavy atom. The van der Waals surface area contributed by atoms with Gasteiger partial charge in [0.1, 0.15) is 12.0 Å². The van der Waals surface area contributed by atoms with E-state index in [0.717, 1.165) is 11.1 Å². The number of carbonyl (C=O) groups is 1. The smallest absolute Gasteiger partial charge is 0.253 e. The fourth-order valence-electron chi connectivity index (χ4n) is 2.47. The number of rotatable bonds is 6. The van der Waals surface area contributed by atoms with E-state index in [4.69, 9.17) is 5.21 Å². The molecular formula is C18H22FN3O2. The molecule has 0 heterocycles. The van der Waals surface area contributed by atoms with Gasteiger partial charge in [0.15, 0.2) is 0 Å². The number of halogens is 1. The van der Waals surface area contributed by atoms with E-state index in [2.05, 4.69) is 10.8 Å². The van der Waals surface area contributed by atoms with Crippen LogP contribution in [0.2, 0.25) is 0 Å². The molecule has 1 amide bonds. The Kier molecular flexibility index (Phi) is 6.03. The quantitative estimate of drug-likeness (QED) is 0.562. The number of carbonyl (C=O) groups excluding carboxylic acids is 1. The summed E-state index contributed by atoms with van der Waals surface area (Å²) in [5, 5.41) is 12.0. The van der Waals surface area contributed by atoms with Crippen LogP contribution in [0.15, 0.2) is 48.5 Å². The zero-order valence-electron chi connectivity index (χ0n) is 14.0. The number of hydroxylamine groups is 1. The van der Waals surface area contributed by atoms with Crippen LogP contribution < -0.4 is 10.8 Å². The topological polar surface area (TPSA) is 64.6 Å². The molecule has 0 spiro atoms. The van der Waals surface area contributed by atoms with Gasteiger partial charge in [-0.15, -0.1) is 0 Å². The van der Waals surface area contributed by atoms with Gasteiger partial charge in [-0.2, -0.15) is 5.48 Å². The summed E-state index contributed by atoms with van der Waals surface area (Å²) in [6.45, 7) is 1.83. The summed E-state index contributed by atoms with van der Waals surface area (Å²) >= 11 is 0. The lowest BCUT2D eigenvalue weighted by Gasteiger charge is -2.31. The first kappa shape index (κ1) is 18.1. The van der Waals surface area contributed by atoms with Crippen molar-refractivity contribution in [1.82, 2.24) is 15.7 Å². The summed E-state index contributed by atoms with van der Waals surface area (Å²) in [5.41, 5.74) is 4.48. The number of hydrogen-bond acceptors (Lipinski definition) is 4. The third-order valence-electron chi connectivity index (χ3n) is 4.17. The minimum absolute atomic E-state index is 0.149. The van der Waals surface area contributed by atoms with E-state index in [1.807, 2.05) is 19.1 Å². The van der Waals surface area contributed by atoms with Crippen LogP contribution in [0, 0.1) is 5.82 Å². The summed E-state index contributed by atoms with van der Waals surface area (Å²) < 4.78 is 13.0. The van der Waals surface area contributed by atoms with Crippen molar-refractivity contribution in [2.24, 2.45) is 0 Å². The third-order valence-corrected chi connectivity index (χ3v) is 4.17. The van der Waals surface area contributed by atoms with Crippen LogP contribution in [0.1, 0.15) is 17.3 Å². The van der Waals surface area contributed by atoms with Gasteiger partial charge in [-0.05, 0) is 49.4 Å². The van der Waals surface area contributed by atoms with Gasteiger partial charge in [0.2, 0.25) is 0 Å². The molecule has 6 heteroatoms. The summed E-state index contributed by atoms with van der Waals surface area (Å²) in [6, 6.07) is 13.1. The average molecular weight is 331 g/mol. The molecule has 2 aromatic carbocycles. The van der Waals surface area contributed by atoms with Gasteiger partial charge in [-0.3, -0.25) is 4.79 Å². The molecule has 0 saturated heterocycles. The lowest BCUT2D eigenvalue weighted by molar-refractivity contribution is 0.0493. The lowest BCUT2D eigenvalue weighted by Crippen LogP contribution is -2.54. The zero-order chi connectivity index (χ0) is 17.7. The molecule has 2 rings (SSSR count). The molecule has 0 fully saturated rings. The fraction of sp³-hybridized carbons (Fsp3) is 0.278. The number of amides is 1. The molecule has 24 heavy (non-hydrogen) atoms. The zero-order valence-corrected chi connectivity index (χ0v) is 14.0. The van der Waals surface area contributed by atoms with Crippen molar-refractivity contribution in [3.8, 4) is 11.1 Å². The van der Waals surface area contributed by atoms with Crippen LogP contribution in [0.4, 0.5) is 4.39 Å². The maximum absolute atomic E-state index is 13.0. The second-order valence-electron chi connectivity index (χ2n) is 5.64. The van der Waals surface area contributed by atoms with Crippen LogP contribution in [0.3, 0.4) is 0 Å². The predicted octanol–water partition coefficient (Wildman–Crippen LogP) is 2.48. The van der Waals surface area contributed by atoms with Crippen molar-refractivity contribution in [1.29, 1.82) is 0 Å². The molecule has 3 N–H and O–H groups in total. The minimum Gasteiger partial charge on any atom is -0.336 e. The summed E-state index contributed by atoms with van der Waals surface area (Å²) in [7, 11) is 3.38. The average Bonchev–Trinajstić information content (AvgIpc) is 2.62. The van der Waals surface area contributed by atoms with Crippen molar-refractivity contribution in [3.63, 3.8) is 0 Å². The highest BCUT2D eigenvalue weighted by molar-refractivity contribution is 5.94. The minimum atomic E-state index is -0.433. The van der Waals surface area contributed by atoms with Gasteiger partial charge in [-0.1, -0.05) is 24.3 Å². The molecule has 0 aliphatic heterocycles. The standard InChI is InChI=1S/C18H22FN3O2/c1-12(17(20-2)21-24)22(3)18(23)15-6-4-13(5-7-15)14-8-10-16(19)11-9-14/h4-12,17,20-21,24H,1-3H3. The molecule has 2 unspecified atom stereocenters. The first-order chi connectivity index (χ1) is 11.5. The van der Waals surface area contributed by atoms with Crippen LogP contribution >= 0.6 is 0 Å². The van der Waals surface area contributed by atoms with Gasteiger partial charge in [-0.25, -0.2) is 4.39 Å². The SMILES string of the molecule is CNC(NO)C(C)N(C)C(=O)c1ccc(-c2ccc(F)cc2)cc1. The largest absolute Gasteiger partial charge is 0.336 e. The van der Waals surface area contributed by atoms with Crippen molar-refractivity contribution < 1.29 is 14.4 Å². The maximum atomic E-state index is 13.0. The molecule has 0 saturated carbocycles. The van der Waals surface area contributed by atoms with Crippen molar-refractivity contribution in [2.75, 3.05) is 14.1 Å². The van der Waals surface area contributed by atoms with Crippen LogP contribution in [0.25, 0.3) is 11.1 Å². The second-order valence-corrected chi connectivity index (χ2v) is 5.64. The van der Waals surface area contributed by atoms with Crippen molar-refractivity contribution in [3.05, 3.63) is 59.9 Å². The number of benzene rings is 2. The van der Waals surface area contributed by atoms with Crippen LogP contribution in [0.5, 0.6) is 0 Å². The Morgan fingerprint density at radius 3 is 2.04 bits per heavy atom. The fourth-order valence-corrected chi connectivity index (χ4v) is 2.47. The van der Waals surface area contributed by atoms with E-state index in [1.54, 1.807) is 43.3 Å². The van der Waals surface area contributed by atoms with Gasteiger partial charge < -0.3 is 15.4 Å². The molecule has 0 radical (unpaired) electrons. The molecule has 0 aliphatic rings. The molecule has 0 aromatic heterocycles. The number of nitrogens with one attached hydrogen (secondary N) is 2. The highest BCUT2D eigenvalue weighted by Crippen LogP contribution is 2.21. The Labute approximate surface area is 141 Å². The molecule has 2 aromatic rings. The summed E-state index contributed by atoms with van der Waals surface area (Å²) in [4.78, 5) is 14.1. The summed E-state index contributed by atoms with van der Waals surface area (Å²) in [5.74, 6) is -0.429. The lowest BCUT2D eigenvalue weighted by atomic mass is 10.0. The van der Waals surface area contributed by atoms with E-state index in [1.165, 1.54) is 12.1 Å². The molecule has 2 atom stereocenters. The van der Waals surface area contributed by atoms with E-state index in [0.29, 0.717) is 5.56 Å². The number of nitrogens with zero attached hydrogens (tertiary/aromatic N) is 1. The Hall–Kier alpha value is -2.28. The maximum Gasteiger partial charge on any atom is 0.253 e. The predicted molar refractivity (Wildman–Crippen MR) is 91.2 cm³/mol. The van der Waals surface area contributed by atoms with Crippen LogP contribution in [-0.4, -0.2) is 42.3 Å². The Balaban J connectivity index is 2.14. The van der Waals surface area contributed by atoms with E-state index in [-0.39, 0.29) is 17.8 Å². The highest BCUT2D eigenvalue weighted by Gasteiger charge is 2.23. The molecule has 5 nitrogen and oxygen atoms in total. The van der Waals surface area contributed by atoms with Gasteiger partial charge in [0.05, 0.1) is 6.04 Å². The summed E-state index contributed by atoms with van der Waals surface area (Å²) in [6.07, 6.45) is -0.433. The van der Waals surface area contributed by atoms with Crippen molar-refractivity contribution >= 4 is 5.91 Å². The van der Waals surface area contributed by atoms with Crippen LogP contribution in [-0.2, 0) is 0 Å². The Bertz CT molecular complexity index is 670. The van der Waals surface area contributed by atoms with E-state index in [9.17, 15) is 9.18 Å². The van der Waals surface area contributed by atoms with Crippen molar-refractivity contribution in [2.45, 2.75) is 19.1 Å². The van der Waals surface area contributed by atoms with Gasteiger partial charge >= 0.3 is 0 Å². The van der Waals surface area contributed by atoms with E-state index < -0.39 is 6.17 Å². The monoisotopic (exact) mass is 331 g/mol. The Morgan fingerprint density at radius 1 is 1.08 bits per heavy atom. The third kappa shape index (κ3) is 3.97. The normalized spacial score (nSPS) is 13.4. The van der Waals surface area contributed by atoms with Gasteiger partial charge in [0, 0.05) is 12.6 Å². The molecule has 128 valence electrons. The second kappa shape index (κ2) is 8.01. The van der Waals surface area contributed by atoms with Gasteiger partial charge in [0.25, 0.3) is 5.91 Å². The highest BCUT2D eigenvalue weighted by atomic mass is 19.1.